The predicted octanol–water partition coefficient (Wildman–Crippen LogP) is 0.936. The highest BCUT2D eigenvalue weighted by Crippen LogP contribution is 2.05. The lowest BCUT2D eigenvalue weighted by Gasteiger charge is -2.07. The molecule has 1 aromatic rings. The topological polar surface area (TPSA) is 68.0 Å². The van der Waals surface area contributed by atoms with E-state index in [1.807, 2.05) is 12.1 Å². The molecule has 16 heavy (non-hydrogen) atoms. The van der Waals surface area contributed by atoms with Crippen LogP contribution >= 0.6 is 12.2 Å². The smallest absolute Gasteiger partial charge is 0.227 e. The van der Waals surface area contributed by atoms with E-state index in [2.05, 4.69) is 29.4 Å². The largest absolute Gasteiger partial charge is 0.393 e. The van der Waals surface area contributed by atoms with Gasteiger partial charge in [0.15, 0.2) is 0 Å². The minimum Gasteiger partial charge on any atom is -0.393 e. The summed E-state index contributed by atoms with van der Waals surface area (Å²) in [6.07, 6.45) is 2.70. The molecule has 0 saturated heterocycles. The molecule has 0 atom stereocenters. The Morgan fingerprint density at radius 1 is 1.62 bits per heavy atom. The molecule has 1 aromatic heterocycles. The summed E-state index contributed by atoms with van der Waals surface area (Å²) in [4.78, 5) is 15.7. The Balaban J connectivity index is 2.54. The lowest BCUT2D eigenvalue weighted by atomic mass is 10.1. The molecule has 4 nitrogen and oxygen atoms in total. The number of aromatic nitrogens is 1. The van der Waals surface area contributed by atoms with Crippen molar-refractivity contribution < 1.29 is 4.79 Å². The molecule has 3 N–H and O–H groups in total. The van der Waals surface area contributed by atoms with E-state index < -0.39 is 0 Å². The van der Waals surface area contributed by atoms with Crippen molar-refractivity contribution in [2.75, 3.05) is 0 Å². The van der Waals surface area contributed by atoms with E-state index in [4.69, 9.17) is 5.73 Å². The zero-order valence-corrected chi connectivity index (χ0v) is 10.0. The Labute approximate surface area is 100 Å². The van der Waals surface area contributed by atoms with Crippen LogP contribution in [-0.4, -0.2) is 15.9 Å². The molecule has 0 aliphatic heterocycles. The number of thiocarbonyl (C=S) groups is 1. The van der Waals surface area contributed by atoms with Crippen LogP contribution in [-0.2, 0) is 17.8 Å². The molecule has 1 rings (SSSR count). The van der Waals surface area contributed by atoms with Crippen molar-refractivity contribution in [3.8, 4) is 0 Å². The summed E-state index contributed by atoms with van der Waals surface area (Å²) in [5.74, 6) is -0.166. The molecule has 1 heterocycles. The molecule has 86 valence electrons. The summed E-state index contributed by atoms with van der Waals surface area (Å²) in [6.45, 7) is 2.48. The first-order valence-corrected chi connectivity index (χ1v) is 5.52. The first-order valence-electron chi connectivity index (χ1n) is 5.11. The third kappa shape index (κ3) is 3.94. The van der Waals surface area contributed by atoms with Crippen LogP contribution in [0.5, 0.6) is 0 Å². The van der Waals surface area contributed by atoms with Crippen LogP contribution in [0.25, 0.3) is 0 Å². The maximum Gasteiger partial charge on any atom is 0.227 e. The van der Waals surface area contributed by atoms with Crippen LogP contribution in [0.1, 0.15) is 24.6 Å². The Bertz CT molecular complexity index is 393. The summed E-state index contributed by atoms with van der Waals surface area (Å²) < 4.78 is 0. The Kier molecular flexibility index (Phi) is 4.85. The van der Waals surface area contributed by atoms with Gasteiger partial charge < -0.3 is 11.1 Å². The third-order valence-corrected chi connectivity index (χ3v) is 2.30. The van der Waals surface area contributed by atoms with Crippen LogP contribution in [0.2, 0.25) is 0 Å². The number of carbonyl (C=O) groups excluding carboxylic acids is 1. The molecular weight excluding hydrogens is 222 g/mol. The molecule has 0 radical (unpaired) electrons. The van der Waals surface area contributed by atoms with Gasteiger partial charge >= 0.3 is 0 Å². The van der Waals surface area contributed by atoms with Crippen molar-refractivity contribution in [3.63, 3.8) is 0 Å². The monoisotopic (exact) mass is 237 g/mol. The molecule has 0 aromatic carbocycles. The van der Waals surface area contributed by atoms with E-state index in [9.17, 15) is 4.79 Å². The number of pyridine rings is 1. The Hall–Kier alpha value is -1.49. The summed E-state index contributed by atoms with van der Waals surface area (Å²) in [5, 5.41) is 2.74. The molecule has 0 aliphatic rings. The molecule has 0 spiro atoms. The summed E-state index contributed by atoms with van der Waals surface area (Å²) in [6, 6.07) is 3.89. The van der Waals surface area contributed by atoms with Crippen LogP contribution in [0.3, 0.4) is 0 Å². The minimum absolute atomic E-state index is 0.0869. The van der Waals surface area contributed by atoms with E-state index in [0.29, 0.717) is 6.54 Å². The first-order chi connectivity index (χ1) is 7.63. The lowest BCUT2D eigenvalue weighted by molar-refractivity contribution is -0.120. The number of nitrogens with one attached hydrogen (secondary N) is 1. The van der Waals surface area contributed by atoms with E-state index in [-0.39, 0.29) is 17.3 Å². The molecule has 0 saturated carbocycles. The fourth-order valence-corrected chi connectivity index (χ4v) is 1.49. The number of rotatable bonds is 5. The van der Waals surface area contributed by atoms with Gasteiger partial charge in [0.05, 0.1) is 23.6 Å². The summed E-state index contributed by atoms with van der Waals surface area (Å²) >= 11 is 4.65. The standard InChI is InChI=1S/C11H15N3OS/c1-2-8-4-3-5-13-9(8)7-14-11(15)6-10(12)16/h3-5H,2,6-7H2,1H3,(H2,12,16)(H,14,15). The van der Waals surface area contributed by atoms with Gasteiger partial charge in [-0.15, -0.1) is 0 Å². The second kappa shape index (κ2) is 6.17. The number of hydrogen-bond donors (Lipinski definition) is 2. The van der Waals surface area contributed by atoms with Gasteiger partial charge in [-0.1, -0.05) is 25.2 Å². The number of carbonyl (C=O) groups is 1. The SMILES string of the molecule is CCc1cccnc1CNC(=O)CC(N)=S. The zero-order valence-electron chi connectivity index (χ0n) is 9.19. The fraction of sp³-hybridized carbons (Fsp3) is 0.364. The van der Waals surface area contributed by atoms with Crippen molar-refractivity contribution >= 4 is 23.1 Å². The number of amides is 1. The molecule has 0 fully saturated rings. The number of hydrogen-bond acceptors (Lipinski definition) is 3. The van der Waals surface area contributed by atoms with Gasteiger partial charge in [-0.05, 0) is 18.1 Å². The number of nitrogens with two attached hydrogens (primary N) is 1. The van der Waals surface area contributed by atoms with E-state index >= 15 is 0 Å². The van der Waals surface area contributed by atoms with Gasteiger partial charge in [0, 0.05) is 6.20 Å². The zero-order chi connectivity index (χ0) is 12.0. The van der Waals surface area contributed by atoms with E-state index in [1.165, 1.54) is 0 Å². The van der Waals surface area contributed by atoms with Crippen LogP contribution in [0, 0.1) is 0 Å². The minimum atomic E-state index is -0.166. The van der Waals surface area contributed by atoms with Gasteiger partial charge in [0.25, 0.3) is 0 Å². The Morgan fingerprint density at radius 2 is 2.38 bits per heavy atom. The van der Waals surface area contributed by atoms with E-state index in [1.54, 1.807) is 6.20 Å². The Morgan fingerprint density at radius 3 is 3.00 bits per heavy atom. The predicted molar refractivity (Wildman–Crippen MR) is 66.9 cm³/mol. The van der Waals surface area contributed by atoms with Crippen LogP contribution in [0.4, 0.5) is 0 Å². The molecule has 5 heteroatoms. The molecule has 0 aliphatic carbocycles. The third-order valence-electron chi connectivity index (χ3n) is 2.15. The van der Waals surface area contributed by atoms with Gasteiger partial charge in [-0.3, -0.25) is 9.78 Å². The van der Waals surface area contributed by atoms with Crippen molar-refractivity contribution in [3.05, 3.63) is 29.6 Å². The van der Waals surface area contributed by atoms with Gasteiger partial charge in [-0.25, -0.2) is 0 Å². The van der Waals surface area contributed by atoms with Crippen molar-refractivity contribution in [2.24, 2.45) is 5.73 Å². The highest BCUT2D eigenvalue weighted by atomic mass is 32.1. The lowest BCUT2D eigenvalue weighted by Crippen LogP contribution is -2.27. The van der Waals surface area contributed by atoms with Crippen molar-refractivity contribution in [1.29, 1.82) is 0 Å². The fourth-order valence-electron chi connectivity index (χ4n) is 1.36. The normalized spacial score (nSPS) is 9.81. The molecular formula is C11H15N3OS. The van der Waals surface area contributed by atoms with Gasteiger partial charge in [-0.2, -0.15) is 0 Å². The molecule has 0 bridgehead atoms. The highest BCUT2D eigenvalue weighted by Gasteiger charge is 2.05. The van der Waals surface area contributed by atoms with Gasteiger partial charge in [0.1, 0.15) is 0 Å². The highest BCUT2D eigenvalue weighted by molar-refractivity contribution is 7.80. The van der Waals surface area contributed by atoms with Crippen LogP contribution < -0.4 is 11.1 Å². The maximum absolute atomic E-state index is 11.3. The quantitative estimate of drug-likeness (QED) is 0.748. The maximum atomic E-state index is 11.3. The first kappa shape index (κ1) is 12.6. The number of nitrogens with zero attached hydrogens (tertiary/aromatic N) is 1. The van der Waals surface area contributed by atoms with Gasteiger partial charge in [0.2, 0.25) is 5.91 Å². The molecule has 0 unspecified atom stereocenters. The van der Waals surface area contributed by atoms with Crippen molar-refractivity contribution in [2.45, 2.75) is 26.3 Å². The second-order valence-electron chi connectivity index (χ2n) is 3.38. The average Bonchev–Trinajstić information content (AvgIpc) is 2.26. The van der Waals surface area contributed by atoms with E-state index in [0.717, 1.165) is 17.7 Å². The molecule has 1 amide bonds. The second-order valence-corrected chi connectivity index (χ2v) is 3.91. The summed E-state index contributed by atoms with van der Waals surface area (Å²) in [7, 11) is 0. The number of aryl methyl sites for hydroxylation is 1. The summed E-state index contributed by atoms with van der Waals surface area (Å²) in [5.41, 5.74) is 7.30. The van der Waals surface area contributed by atoms with Crippen molar-refractivity contribution in [1.82, 2.24) is 10.3 Å². The average molecular weight is 237 g/mol. The van der Waals surface area contributed by atoms with Crippen LogP contribution in [0.15, 0.2) is 18.3 Å².